The van der Waals surface area contributed by atoms with Crippen LogP contribution in [-0.4, -0.2) is 51.2 Å². The molecule has 1 N–H and O–H groups in total. The number of nitrogens with zero attached hydrogens (tertiary/aromatic N) is 1. The average Bonchev–Trinajstić information content (AvgIpc) is 2.98. The number of anilines is 1. The van der Waals surface area contributed by atoms with Gasteiger partial charge in [0.1, 0.15) is 12.4 Å². The van der Waals surface area contributed by atoms with E-state index in [1.165, 1.54) is 6.26 Å². The van der Waals surface area contributed by atoms with Crippen molar-refractivity contribution >= 4 is 21.4 Å². The van der Waals surface area contributed by atoms with Gasteiger partial charge < -0.3 is 10.1 Å². The smallest absolute Gasteiger partial charge is 0.235 e. The van der Waals surface area contributed by atoms with Gasteiger partial charge in [-0.25, -0.2) is 8.42 Å². The molecule has 1 spiro atoms. The lowest BCUT2D eigenvalue weighted by molar-refractivity contribution is -0.122. The van der Waals surface area contributed by atoms with Crippen LogP contribution in [0.4, 0.5) is 5.69 Å². The zero-order valence-corrected chi connectivity index (χ0v) is 17.5. The molecule has 6 nitrogen and oxygen atoms in total. The number of fused-ring (bicyclic) bond motifs is 2. The monoisotopic (exact) mass is 414 g/mol. The normalized spacial score (nSPS) is 19.6. The lowest BCUT2D eigenvalue weighted by Gasteiger charge is -2.40. The molecule has 0 aliphatic carbocycles. The van der Waals surface area contributed by atoms with Crippen LogP contribution in [0.2, 0.25) is 0 Å². The summed E-state index contributed by atoms with van der Waals surface area (Å²) in [5.74, 6) is 0.773. The fraction of sp³-hybridized carbons (Fsp3) is 0.409. The Balaban J connectivity index is 1.35. The maximum atomic E-state index is 12.7. The van der Waals surface area contributed by atoms with E-state index in [2.05, 4.69) is 23.2 Å². The van der Waals surface area contributed by atoms with Gasteiger partial charge >= 0.3 is 0 Å². The number of likely N-dealkylation sites (tertiary alicyclic amines) is 1. The first-order valence-electron chi connectivity index (χ1n) is 9.87. The number of para-hydroxylation sites is 1. The highest BCUT2D eigenvalue weighted by atomic mass is 32.2. The maximum absolute atomic E-state index is 12.7. The Morgan fingerprint density at radius 1 is 1.10 bits per heavy atom. The number of carbonyl (C=O) groups excluding carboxylic acids is 1. The van der Waals surface area contributed by atoms with Crippen molar-refractivity contribution < 1.29 is 17.9 Å². The second-order valence-electron chi connectivity index (χ2n) is 8.02. The molecule has 0 aromatic heterocycles. The third-order valence-electron chi connectivity index (χ3n) is 6.14. The van der Waals surface area contributed by atoms with E-state index in [4.69, 9.17) is 4.74 Å². The Bertz CT molecular complexity index is 1010. The number of nitrogens with one attached hydrogen (secondary N) is 1. The van der Waals surface area contributed by atoms with Crippen molar-refractivity contribution in [2.45, 2.75) is 36.1 Å². The number of amides is 1. The van der Waals surface area contributed by atoms with Crippen molar-refractivity contribution in [3.63, 3.8) is 0 Å². The summed E-state index contributed by atoms with van der Waals surface area (Å²) >= 11 is 0. The van der Waals surface area contributed by atoms with Crippen LogP contribution in [0.25, 0.3) is 0 Å². The number of benzene rings is 2. The minimum atomic E-state index is -3.20. The molecule has 4 rings (SSSR count). The second-order valence-corrected chi connectivity index (χ2v) is 10.0. The summed E-state index contributed by atoms with van der Waals surface area (Å²) in [6.07, 6.45) is 2.78. The number of carbonyl (C=O) groups is 1. The van der Waals surface area contributed by atoms with Crippen LogP contribution in [0.15, 0.2) is 53.4 Å². The van der Waals surface area contributed by atoms with Crippen LogP contribution in [-0.2, 0) is 20.0 Å². The lowest BCUT2D eigenvalue weighted by atomic mass is 9.73. The number of sulfone groups is 1. The summed E-state index contributed by atoms with van der Waals surface area (Å²) in [7, 11) is -3.20. The average molecular weight is 415 g/mol. The molecule has 1 amide bonds. The molecule has 2 aromatic rings. The van der Waals surface area contributed by atoms with E-state index in [0.717, 1.165) is 37.2 Å². The summed E-state index contributed by atoms with van der Waals surface area (Å²) in [5, 5.41) is 3.04. The highest BCUT2D eigenvalue weighted by Gasteiger charge is 2.48. The van der Waals surface area contributed by atoms with E-state index in [-0.39, 0.29) is 16.8 Å². The quantitative estimate of drug-likeness (QED) is 0.814. The van der Waals surface area contributed by atoms with E-state index in [0.29, 0.717) is 12.4 Å². The predicted molar refractivity (Wildman–Crippen MR) is 112 cm³/mol. The minimum Gasteiger partial charge on any atom is -0.492 e. The second kappa shape index (κ2) is 7.46. The van der Waals surface area contributed by atoms with E-state index < -0.39 is 15.3 Å². The molecule has 1 atom stereocenters. The molecule has 1 unspecified atom stereocenters. The fourth-order valence-corrected chi connectivity index (χ4v) is 4.95. The van der Waals surface area contributed by atoms with E-state index in [1.807, 2.05) is 18.2 Å². The molecule has 0 radical (unpaired) electrons. The number of hydrogen-bond acceptors (Lipinski definition) is 5. The van der Waals surface area contributed by atoms with Gasteiger partial charge in [0.2, 0.25) is 5.91 Å². The zero-order valence-electron chi connectivity index (χ0n) is 16.7. The number of hydrogen-bond donors (Lipinski definition) is 1. The van der Waals surface area contributed by atoms with Crippen molar-refractivity contribution in [3.05, 3.63) is 54.1 Å². The highest BCUT2D eigenvalue weighted by molar-refractivity contribution is 7.90. The number of piperidine rings is 1. The van der Waals surface area contributed by atoms with Gasteiger partial charge in [0.05, 0.1) is 10.3 Å². The van der Waals surface area contributed by atoms with Gasteiger partial charge in [0.25, 0.3) is 0 Å². The predicted octanol–water partition coefficient (Wildman–Crippen LogP) is 2.84. The van der Waals surface area contributed by atoms with Crippen molar-refractivity contribution in [3.8, 4) is 5.75 Å². The van der Waals surface area contributed by atoms with E-state index in [1.54, 1.807) is 24.3 Å². The van der Waals surface area contributed by atoms with Gasteiger partial charge in [-0.2, -0.15) is 0 Å². The van der Waals surface area contributed by atoms with Crippen molar-refractivity contribution in [1.29, 1.82) is 0 Å². The third kappa shape index (κ3) is 3.76. The molecule has 0 bridgehead atoms. The molecule has 2 aromatic carbocycles. The summed E-state index contributed by atoms with van der Waals surface area (Å²) in [6.45, 7) is 4.29. The molecule has 29 heavy (non-hydrogen) atoms. The molecule has 0 saturated carbocycles. The van der Waals surface area contributed by atoms with Crippen molar-refractivity contribution in [2.24, 2.45) is 0 Å². The Hall–Kier alpha value is -2.38. The summed E-state index contributed by atoms with van der Waals surface area (Å²) in [5.41, 5.74) is 1.66. The summed E-state index contributed by atoms with van der Waals surface area (Å²) in [4.78, 5) is 15.3. The summed E-state index contributed by atoms with van der Waals surface area (Å²) in [6, 6.07) is 14.7. The van der Waals surface area contributed by atoms with Crippen molar-refractivity contribution in [1.82, 2.24) is 4.90 Å². The van der Waals surface area contributed by atoms with Gasteiger partial charge in [0, 0.05) is 18.0 Å². The molecule has 2 aliphatic rings. The van der Waals surface area contributed by atoms with Crippen LogP contribution in [0.5, 0.6) is 5.75 Å². The molecular weight excluding hydrogens is 388 g/mol. The first kappa shape index (κ1) is 19.9. The van der Waals surface area contributed by atoms with Crippen LogP contribution in [0, 0.1) is 0 Å². The van der Waals surface area contributed by atoms with Gasteiger partial charge in [-0.15, -0.1) is 0 Å². The van der Waals surface area contributed by atoms with Gasteiger partial charge in [-0.1, -0.05) is 18.2 Å². The molecule has 2 aliphatic heterocycles. The maximum Gasteiger partial charge on any atom is 0.235 e. The summed E-state index contributed by atoms with van der Waals surface area (Å²) < 4.78 is 29.0. The highest BCUT2D eigenvalue weighted by Crippen LogP contribution is 2.44. The third-order valence-corrected chi connectivity index (χ3v) is 7.27. The Kier molecular flexibility index (Phi) is 5.12. The Morgan fingerprint density at radius 2 is 1.76 bits per heavy atom. The zero-order chi connectivity index (χ0) is 20.6. The fourth-order valence-electron chi connectivity index (χ4n) is 4.32. The SMILES string of the molecule is CC(COc1ccc(S(C)(=O)=O)cc1)N1CCC2(CC1)C(=O)Nc1ccccc12. The lowest BCUT2D eigenvalue weighted by Crippen LogP contribution is -2.50. The van der Waals surface area contributed by atoms with Crippen LogP contribution in [0.1, 0.15) is 25.3 Å². The Morgan fingerprint density at radius 3 is 2.41 bits per heavy atom. The molecular formula is C22H26N2O4S. The Labute approximate surface area is 171 Å². The van der Waals surface area contributed by atoms with Crippen LogP contribution < -0.4 is 10.1 Å². The topological polar surface area (TPSA) is 75.7 Å². The van der Waals surface area contributed by atoms with Gasteiger partial charge in [-0.3, -0.25) is 9.69 Å². The van der Waals surface area contributed by atoms with Gasteiger partial charge in [0.15, 0.2) is 9.84 Å². The van der Waals surface area contributed by atoms with Crippen LogP contribution in [0.3, 0.4) is 0 Å². The van der Waals surface area contributed by atoms with Crippen LogP contribution >= 0.6 is 0 Å². The van der Waals surface area contributed by atoms with Gasteiger partial charge in [-0.05, 0) is 68.8 Å². The molecule has 1 fully saturated rings. The van der Waals surface area contributed by atoms with E-state index >= 15 is 0 Å². The molecule has 1 saturated heterocycles. The minimum absolute atomic E-state index is 0.119. The molecule has 2 heterocycles. The van der Waals surface area contributed by atoms with Crippen molar-refractivity contribution in [2.75, 3.05) is 31.3 Å². The van der Waals surface area contributed by atoms with E-state index in [9.17, 15) is 13.2 Å². The first-order valence-corrected chi connectivity index (χ1v) is 11.8. The number of rotatable bonds is 5. The standard InChI is InChI=1S/C22H26N2O4S/c1-16(15-28-17-7-9-18(10-8-17)29(2,26)27)24-13-11-22(12-14-24)19-5-3-4-6-20(19)23-21(22)25/h3-10,16H,11-15H2,1-2H3,(H,23,25). The molecule has 7 heteroatoms. The molecule has 154 valence electrons. The first-order chi connectivity index (χ1) is 13.8. The largest absolute Gasteiger partial charge is 0.492 e. The number of ether oxygens (including phenoxy) is 1.